The van der Waals surface area contributed by atoms with Crippen LogP contribution in [0.4, 0.5) is 17.1 Å². The van der Waals surface area contributed by atoms with Crippen molar-refractivity contribution in [2.24, 2.45) is 0 Å². The zero-order valence-corrected chi connectivity index (χ0v) is 23.4. The van der Waals surface area contributed by atoms with Crippen LogP contribution in [0.5, 0.6) is 11.5 Å². The largest absolute Gasteiger partial charge is 0.506 e. The van der Waals surface area contributed by atoms with E-state index in [4.69, 9.17) is 21.1 Å². The molecule has 0 spiro atoms. The van der Waals surface area contributed by atoms with E-state index in [-0.39, 0.29) is 23.6 Å². The highest BCUT2D eigenvalue weighted by Gasteiger charge is 2.15. The summed E-state index contributed by atoms with van der Waals surface area (Å²) < 4.78 is 10.9. The molecule has 0 atom stereocenters. The Kier molecular flexibility index (Phi) is 10.1. The predicted octanol–water partition coefficient (Wildman–Crippen LogP) is 5.26. The Morgan fingerprint density at radius 1 is 1.22 bits per heavy atom. The number of nitriles is 1. The fraction of sp³-hybridized carbons (Fsp3) is 0.200. The second-order valence-electron chi connectivity index (χ2n) is 9.07. The molecule has 0 aliphatic heterocycles. The number of halogens is 1. The van der Waals surface area contributed by atoms with Gasteiger partial charge in [0.1, 0.15) is 24.2 Å². The molecule has 3 N–H and O–H groups in total. The fourth-order valence-electron chi connectivity index (χ4n) is 3.88. The summed E-state index contributed by atoms with van der Waals surface area (Å²) in [6, 6.07) is 15.9. The van der Waals surface area contributed by atoms with E-state index in [2.05, 4.69) is 26.7 Å². The number of methoxy groups -OCH3 is 1. The van der Waals surface area contributed by atoms with Crippen molar-refractivity contribution in [1.82, 2.24) is 14.9 Å². The third-order valence-electron chi connectivity index (χ3n) is 6.03. The van der Waals surface area contributed by atoms with Crippen LogP contribution in [0.1, 0.15) is 11.3 Å². The first-order valence-electron chi connectivity index (χ1n) is 12.7. The van der Waals surface area contributed by atoms with Crippen molar-refractivity contribution in [2.45, 2.75) is 6.61 Å². The maximum atomic E-state index is 12.5. The minimum Gasteiger partial charge on any atom is -0.506 e. The van der Waals surface area contributed by atoms with Crippen LogP contribution in [0.25, 0.3) is 10.9 Å². The third-order valence-corrected chi connectivity index (χ3v) is 6.33. The Balaban J connectivity index is 1.54. The fourth-order valence-corrected chi connectivity index (χ4v) is 4.11. The molecule has 2 aromatic carbocycles. The molecule has 0 saturated carbocycles. The number of aromatic hydroxyl groups is 1. The lowest BCUT2D eigenvalue weighted by Gasteiger charge is -2.15. The Bertz CT molecular complexity index is 1590. The third kappa shape index (κ3) is 7.93. The number of carbonyl (C=O) groups excluding carboxylic acids is 1. The summed E-state index contributed by atoms with van der Waals surface area (Å²) in [4.78, 5) is 23.1. The Morgan fingerprint density at radius 3 is 2.80 bits per heavy atom. The molecule has 0 radical (unpaired) electrons. The van der Waals surface area contributed by atoms with E-state index in [0.717, 1.165) is 12.2 Å². The van der Waals surface area contributed by atoms with Gasteiger partial charge >= 0.3 is 0 Å². The van der Waals surface area contributed by atoms with Crippen LogP contribution in [0.2, 0.25) is 5.02 Å². The molecule has 0 bridgehead atoms. The average Bonchev–Trinajstić information content (AvgIpc) is 2.97. The zero-order valence-electron chi connectivity index (χ0n) is 22.6. The second-order valence-corrected chi connectivity index (χ2v) is 9.48. The van der Waals surface area contributed by atoms with Crippen LogP contribution in [-0.4, -0.2) is 59.7 Å². The summed E-state index contributed by atoms with van der Waals surface area (Å²) in [6.45, 7) is 2.13. The van der Waals surface area contributed by atoms with Crippen molar-refractivity contribution in [3.05, 3.63) is 89.4 Å². The van der Waals surface area contributed by atoms with Crippen molar-refractivity contribution in [3.63, 3.8) is 0 Å². The van der Waals surface area contributed by atoms with E-state index in [1.165, 1.54) is 18.3 Å². The molecular formula is C30H29ClN6O4. The van der Waals surface area contributed by atoms with Gasteiger partial charge in [-0.1, -0.05) is 23.7 Å². The molecule has 11 heteroatoms. The van der Waals surface area contributed by atoms with Gasteiger partial charge < -0.3 is 30.1 Å². The molecule has 0 saturated heterocycles. The number of hydrogen-bond acceptors (Lipinski definition) is 9. The highest BCUT2D eigenvalue weighted by atomic mass is 35.5. The van der Waals surface area contributed by atoms with Gasteiger partial charge in [0.25, 0.3) is 0 Å². The summed E-state index contributed by atoms with van der Waals surface area (Å²) in [5.41, 5.74) is 2.69. The number of aromatic nitrogens is 2. The lowest BCUT2D eigenvalue weighted by Crippen LogP contribution is -2.23. The Morgan fingerprint density at radius 2 is 2.07 bits per heavy atom. The Hall–Kier alpha value is -4.69. The number of benzene rings is 2. The first-order chi connectivity index (χ1) is 19.9. The van der Waals surface area contributed by atoms with Crippen molar-refractivity contribution in [2.75, 3.05) is 44.5 Å². The highest BCUT2D eigenvalue weighted by molar-refractivity contribution is 6.32. The number of nitrogens with zero attached hydrogens (tertiary/aromatic N) is 4. The second kappa shape index (κ2) is 14.1. The standard InChI is InChI=1S/C30H29ClN6O4/c1-37(12-13-40-2)11-5-7-29(39)36-26-15-23-25(16-27(26)38)34-18-20(17-32)30(23)35-21-8-9-28(24(31)14-21)41-19-22-6-3-4-10-33-22/h3-10,14-16,18,38H,11-13,19H2,1-2H3,(H,34,35)(H,36,39)/b7-5+. The number of fused-ring (bicyclic) bond motifs is 1. The summed E-state index contributed by atoms with van der Waals surface area (Å²) >= 11 is 6.48. The quantitative estimate of drug-likeness (QED) is 0.154. The van der Waals surface area contributed by atoms with Crippen LogP contribution in [0.3, 0.4) is 0 Å². The van der Waals surface area contributed by atoms with Gasteiger partial charge in [0, 0.05) is 55.8 Å². The summed E-state index contributed by atoms with van der Waals surface area (Å²) in [5, 5.41) is 27.1. The van der Waals surface area contributed by atoms with Gasteiger partial charge in [0.15, 0.2) is 0 Å². The lowest BCUT2D eigenvalue weighted by molar-refractivity contribution is -0.111. The van der Waals surface area contributed by atoms with Crippen molar-refractivity contribution in [3.8, 4) is 17.6 Å². The highest BCUT2D eigenvalue weighted by Crippen LogP contribution is 2.36. The number of hydrogen-bond donors (Lipinski definition) is 3. The van der Waals surface area contributed by atoms with Crippen molar-refractivity contribution >= 4 is 45.5 Å². The first-order valence-corrected chi connectivity index (χ1v) is 13.1. The van der Waals surface area contributed by atoms with Gasteiger partial charge in [-0.3, -0.25) is 14.8 Å². The molecule has 2 aromatic heterocycles. The van der Waals surface area contributed by atoms with Crippen LogP contribution in [0.15, 0.2) is 73.1 Å². The number of anilines is 3. The van der Waals surface area contributed by atoms with Gasteiger partial charge in [-0.25, -0.2) is 0 Å². The Labute approximate surface area is 242 Å². The average molecular weight is 573 g/mol. The monoisotopic (exact) mass is 572 g/mol. The minimum absolute atomic E-state index is 0.155. The summed E-state index contributed by atoms with van der Waals surface area (Å²) in [6.07, 6.45) is 6.22. The van der Waals surface area contributed by atoms with Crippen LogP contribution in [-0.2, 0) is 16.1 Å². The molecule has 0 aliphatic rings. The first kappa shape index (κ1) is 29.3. The number of phenolic OH excluding ortho intramolecular Hbond substituents is 1. The van der Waals surface area contributed by atoms with Gasteiger partial charge in [-0.05, 0) is 43.4 Å². The van der Waals surface area contributed by atoms with Gasteiger partial charge in [0.05, 0.1) is 39.8 Å². The van der Waals surface area contributed by atoms with E-state index in [1.807, 2.05) is 30.1 Å². The van der Waals surface area contributed by atoms with Gasteiger partial charge in [-0.2, -0.15) is 5.26 Å². The molecule has 41 heavy (non-hydrogen) atoms. The van der Waals surface area contributed by atoms with Crippen molar-refractivity contribution in [1.29, 1.82) is 5.26 Å². The van der Waals surface area contributed by atoms with E-state index in [1.54, 1.807) is 43.6 Å². The smallest absolute Gasteiger partial charge is 0.248 e. The zero-order chi connectivity index (χ0) is 29.2. The number of pyridine rings is 2. The number of ether oxygens (including phenoxy) is 2. The van der Waals surface area contributed by atoms with Crippen LogP contribution < -0.4 is 15.4 Å². The van der Waals surface area contributed by atoms with Crippen LogP contribution >= 0.6 is 11.6 Å². The summed E-state index contributed by atoms with van der Waals surface area (Å²) in [7, 11) is 3.55. The molecule has 0 unspecified atom stereocenters. The number of amides is 1. The van der Waals surface area contributed by atoms with Crippen LogP contribution in [0, 0.1) is 11.3 Å². The molecule has 1 amide bonds. The van der Waals surface area contributed by atoms with Gasteiger partial charge in [0.2, 0.25) is 5.91 Å². The number of nitrogens with one attached hydrogen (secondary N) is 2. The van der Waals surface area contributed by atoms with Gasteiger partial charge in [-0.15, -0.1) is 0 Å². The number of carbonyl (C=O) groups is 1. The normalized spacial score (nSPS) is 11.1. The maximum absolute atomic E-state index is 12.5. The maximum Gasteiger partial charge on any atom is 0.248 e. The van der Waals surface area contributed by atoms with E-state index in [9.17, 15) is 15.2 Å². The van der Waals surface area contributed by atoms with E-state index >= 15 is 0 Å². The number of rotatable bonds is 12. The van der Waals surface area contributed by atoms with E-state index < -0.39 is 5.91 Å². The molecule has 4 rings (SSSR count). The topological polar surface area (TPSA) is 133 Å². The SMILES string of the molecule is COCCN(C)C/C=C/C(=O)Nc1cc2c(Nc3ccc(OCc4ccccn4)c(Cl)c3)c(C#N)cnc2cc1O. The molecule has 0 fully saturated rings. The molecule has 4 aromatic rings. The molecule has 210 valence electrons. The predicted molar refractivity (Wildman–Crippen MR) is 159 cm³/mol. The number of phenols is 1. The molecular weight excluding hydrogens is 544 g/mol. The molecule has 0 aliphatic carbocycles. The van der Waals surface area contributed by atoms with E-state index in [0.29, 0.717) is 46.2 Å². The molecule has 2 heterocycles. The van der Waals surface area contributed by atoms with Crippen molar-refractivity contribution < 1.29 is 19.4 Å². The number of likely N-dealkylation sites (N-methyl/N-ethyl adjacent to an activating group) is 1. The minimum atomic E-state index is -0.410. The molecule has 10 nitrogen and oxygen atoms in total. The lowest BCUT2D eigenvalue weighted by atomic mass is 10.1. The summed E-state index contributed by atoms with van der Waals surface area (Å²) in [5.74, 6) is -0.0836.